The van der Waals surface area contributed by atoms with Gasteiger partial charge in [0, 0.05) is 35.9 Å². The molecule has 1 heterocycles. The fraction of sp³-hybridized carbons (Fsp3) is 0.316. The van der Waals surface area contributed by atoms with Crippen molar-refractivity contribution in [2.45, 2.75) is 26.2 Å². The third-order valence-electron chi connectivity index (χ3n) is 4.33. The van der Waals surface area contributed by atoms with E-state index in [2.05, 4.69) is 11.4 Å². The van der Waals surface area contributed by atoms with Gasteiger partial charge in [0.15, 0.2) is 0 Å². The summed E-state index contributed by atoms with van der Waals surface area (Å²) in [5.41, 5.74) is 4.35. The highest BCUT2D eigenvalue weighted by molar-refractivity contribution is 6.31. The van der Waals surface area contributed by atoms with Crippen LogP contribution in [0.2, 0.25) is 5.02 Å². The Morgan fingerprint density at radius 2 is 2.04 bits per heavy atom. The van der Waals surface area contributed by atoms with Crippen LogP contribution in [0, 0.1) is 6.92 Å². The van der Waals surface area contributed by atoms with E-state index in [0.717, 1.165) is 41.3 Å². The molecule has 3 rings (SSSR count). The molecule has 2 aromatic carbocycles. The zero-order valence-corrected chi connectivity index (χ0v) is 14.1. The lowest BCUT2D eigenvalue weighted by Gasteiger charge is -2.29. The number of nitrogens with one attached hydrogen (secondary N) is 1. The highest BCUT2D eigenvalue weighted by Gasteiger charge is 2.21. The molecule has 1 aliphatic rings. The maximum absolute atomic E-state index is 12.6. The van der Waals surface area contributed by atoms with Crippen molar-refractivity contribution in [1.82, 2.24) is 0 Å². The first kappa shape index (κ1) is 15.9. The predicted molar refractivity (Wildman–Crippen MR) is 96.4 cm³/mol. The molecular weight excluding hydrogens is 308 g/mol. The monoisotopic (exact) mass is 328 g/mol. The fourth-order valence-corrected chi connectivity index (χ4v) is 3.21. The van der Waals surface area contributed by atoms with Gasteiger partial charge in [0.2, 0.25) is 5.91 Å². The van der Waals surface area contributed by atoms with Crippen LogP contribution in [-0.2, 0) is 11.2 Å². The van der Waals surface area contributed by atoms with Gasteiger partial charge in [-0.2, -0.15) is 0 Å². The number of rotatable bonds is 4. The van der Waals surface area contributed by atoms with Crippen LogP contribution in [0.1, 0.15) is 24.0 Å². The molecule has 0 unspecified atom stereocenters. The van der Waals surface area contributed by atoms with Gasteiger partial charge in [-0.3, -0.25) is 4.79 Å². The summed E-state index contributed by atoms with van der Waals surface area (Å²) in [6.07, 6.45) is 2.56. The van der Waals surface area contributed by atoms with E-state index in [-0.39, 0.29) is 5.91 Å². The van der Waals surface area contributed by atoms with Crippen molar-refractivity contribution in [3.05, 3.63) is 58.6 Å². The van der Waals surface area contributed by atoms with Crippen LogP contribution < -0.4 is 10.2 Å². The van der Waals surface area contributed by atoms with Crippen molar-refractivity contribution in [2.24, 2.45) is 0 Å². The van der Waals surface area contributed by atoms with Crippen molar-refractivity contribution in [3.63, 3.8) is 0 Å². The Hall–Kier alpha value is -2.00. The predicted octanol–water partition coefficient (Wildman–Crippen LogP) is 4.43. The molecule has 0 spiro atoms. The Balaban J connectivity index is 1.61. The third-order valence-corrected chi connectivity index (χ3v) is 4.74. The van der Waals surface area contributed by atoms with Crippen LogP contribution in [0.25, 0.3) is 0 Å². The molecule has 1 N–H and O–H groups in total. The summed E-state index contributed by atoms with van der Waals surface area (Å²) in [7, 11) is 0. The number of benzene rings is 2. The number of hydrogen-bond donors (Lipinski definition) is 1. The van der Waals surface area contributed by atoms with Gasteiger partial charge in [-0.05, 0) is 49.1 Å². The second-order valence-corrected chi connectivity index (χ2v) is 6.27. The molecule has 0 bridgehead atoms. The molecule has 0 saturated heterocycles. The minimum atomic E-state index is 0.171. The van der Waals surface area contributed by atoms with E-state index in [1.165, 1.54) is 5.56 Å². The summed E-state index contributed by atoms with van der Waals surface area (Å²) >= 11 is 6.12. The lowest BCUT2D eigenvalue weighted by Crippen LogP contribution is -2.36. The topological polar surface area (TPSA) is 32.3 Å². The van der Waals surface area contributed by atoms with E-state index in [9.17, 15) is 4.79 Å². The maximum Gasteiger partial charge on any atom is 0.228 e. The van der Waals surface area contributed by atoms with E-state index in [4.69, 9.17) is 11.6 Å². The van der Waals surface area contributed by atoms with Crippen LogP contribution in [0.4, 0.5) is 11.4 Å². The minimum absolute atomic E-state index is 0.171. The van der Waals surface area contributed by atoms with E-state index in [0.29, 0.717) is 13.0 Å². The summed E-state index contributed by atoms with van der Waals surface area (Å²) in [6, 6.07) is 14.0. The standard InChI is InChI=1S/C19H21ClN2O/c1-14-16(20)8-4-9-17(14)21-12-11-19(23)22-13-5-7-15-6-2-3-10-18(15)22/h2-4,6,8-10,21H,5,7,11-13H2,1H3. The largest absolute Gasteiger partial charge is 0.384 e. The number of hydrogen-bond acceptors (Lipinski definition) is 2. The number of nitrogens with zero attached hydrogens (tertiary/aromatic N) is 1. The van der Waals surface area contributed by atoms with Crippen LogP contribution in [0.15, 0.2) is 42.5 Å². The molecule has 0 aromatic heterocycles. The number of para-hydroxylation sites is 1. The summed E-state index contributed by atoms with van der Waals surface area (Å²) in [6.45, 7) is 3.40. The molecule has 0 atom stereocenters. The number of amides is 1. The molecule has 0 radical (unpaired) electrons. The van der Waals surface area contributed by atoms with Gasteiger partial charge < -0.3 is 10.2 Å². The molecule has 0 fully saturated rings. The Kier molecular flexibility index (Phi) is 4.87. The van der Waals surface area contributed by atoms with Crippen LogP contribution >= 0.6 is 11.6 Å². The number of halogens is 1. The molecule has 23 heavy (non-hydrogen) atoms. The van der Waals surface area contributed by atoms with E-state index >= 15 is 0 Å². The third kappa shape index (κ3) is 3.50. The van der Waals surface area contributed by atoms with Gasteiger partial charge in [0.1, 0.15) is 0 Å². The normalized spacial score (nSPS) is 13.6. The van der Waals surface area contributed by atoms with Crippen molar-refractivity contribution < 1.29 is 4.79 Å². The Morgan fingerprint density at radius 1 is 1.22 bits per heavy atom. The van der Waals surface area contributed by atoms with Crippen molar-refractivity contribution >= 4 is 28.9 Å². The Morgan fingerprint density at radius 3 is 2.91 bits per heavy atom. The van der Waals surface area contributed by atoms with Crippen molar-refractivity contribution in [1.29, 1.82) is 0 Å². The zero-order valence-electron chi connectivity index (χ0n) is 13.3. The summed E-state index contributed by atoms with van der Waals surface area (Å²) in [5.74, 6) is 0.171. The average Bonchev–Trinajstić information content (AvgIpc) is 2.58. The highest BCUT2D eigenvalue weighted by atomic mass is 35.5. The molecule has 120 valence electrons. The number of anilines is 2. The fourth-order valence-electron chi connectivity index (χ4n) is 3.03. The zero-order chi connectivity index (χ0) is 16.2. The van der Waals surface area contributed by atoms with Gasteiger partial charge in [-0.1, -0.05) is 35.9 Å². The van der Waals surface area contributed by atoms with Crippen molar-refractivity contribution in [3.8, 4) is 0 Å². The molecule has 1 amide bonds. The molecule has 0 aliphatic carbocycles. The Labute approximate surface area is 142 Å². The summed E-state index contributed by atoms with van der Waals surface area (Å²) < 4.78 is 0. The van der Waals surface area contributed by atoms with E-state index < -0.39 is 0 Å². The van der Waals surface area contributed by atoms with Gasteiger partial charge in [0.25, 0.3) is 0 Å². The number of aryl methyl sites for hydroxylation is 1. The highest BCUT2D eigenvalue weighted by Crippen LogP contribution is 2.27. The lowest BCUT2D eigenvalue weighted by atomic mass is 10.0. The first-order valence-electron chi connectivity index (χ1n) is 8.04. The molecular formula is C19H21ClN2O. The number of fused-ring (bicyclic) bond motifs is 1. The minimum Gasteiger partial charge on any atom is -0.384 e. The summed E-state index contributed by atoms with van der Waals surface area (Å²) in [4.78, 5) is 14.5. The van der Waals surface area contributed by atoms with Crippen LogP contribution in [-0.4, -0.2) is 19.0 Å². The van der Waals surface area contributed by atoms with Crippen LogP contribution in [0.5, 0.6) is 0 Å². The second kappa shape index (κ2) is 7.05. The van der Waals surface area contributed by atoms with E-state index in [1.807, 2.05) is 48.2 Å². The number of carbonyl (C=O) groups excluding carboxylic acids is 1. The number of carbonyl (C=O) groups is 1. The lowest BCUT2D eigenvalue weighted by molar-refractivity contribution is -0.118. The first-order valence-corrected chi connectivity index (χ1v) is 8.42. The van der Waals surface area contributed by atoms with E-state index in [1.54, 1.807) is 0 Å². The second-order valence-electron chi connectivity index (χ2n) is 5.87. The molecule has 1 aliphatic heterocycles. The SMILES string of the molecule is Cc1c(Cl)cccc1NCCC(=O)N1CCCc2ccccc21. The van der Waals surface area contributed by atoms with Crippen LogP contribution in [0.3, 0.4) is 0 Å². The summed E-state index contributed by atoms with van der Waals surface area (Å²) in [5, 5.41) is 4.06. The average molecular weight is 329 g/mol. The molecule has 0 saturated carbocycles. The van der Waals surface area contributed by atoms with Gasteiger partial charge in [-0.25, -0.2) is 0 Å². The van der Waals surface area contributed by atoms with Gasteiger partial charge in [0.05, 0.1) is 0 Å². The smallest absolute Gasteiger partial charge is 0.228 e. The molecule has 3 nitrogen and oxygen atoms in total. The van der Waals surface area contributed by atoms with Gasteiger partial charge >= 0.3 is 0 Å². The quantitative estimate of drug-likeness (QED) is 0.900. The molecule has 2 aromatic rings. The first-order chi connectivity index (χ1) is 11.2. The molecule has 4 heteroatoms. The van der Waals surface area contributed by atoms with Crippen molar-refractivity contribution in [2.75, 3.05) is 23.3 Å². The van der Waals surface area contributed by atoms with Gasteiger partial charge in [-0.15, -0.1) is 0 Å². The maximum atomic E-state index is 12.6. The Bertz CT molecular complexity index is 714.